The second-order valence-corrected chi connectivity index (χ2v) is 16.3. The Bertz CT molecular complexity index is 356. The van der Waals surface area contributed by atoms with Crippen LogP contribution in [0.4, 0.5) is 0 Å². The summed E-state index contributed by atoms with van der Waals surface area (Å²) in [6.45, 7) is 11.1. The average molecular weight is 745 g/mol. The molecule has 0 unspecified atom stereocenters. The Hall–Kier alpha value is 4.41. The molecule has 0 fully saturated rings. The van der Waals surface area contributed by atoms with Crippen LogP contribution in [0.5, 0.6) is 0 Å². The second-order valence-electron chi connectivity index (χ2n) is 5.68. The third-order valence-electron chi connectivity index (χ3n) is 3.01. The zero-order valence-corrected chi connectivity index (χ0v) is 35.4. The minimum atomic E-state index is -2.22. The molecule has 0 aliphatic carbocycles. The fourth-order valence-corrected chi connectivity index (χ4v) is 4.83. The van der Waals surface area contributed by atoms with Crippen molar-refractivity contribution in [1.29, 1.82) is 0 Å². The van der Waals surface area contributed by atoms with E-state index < -0.39 is 11.4 Å². The number of rotatable bonds is 16. The fraction of sp³-hybridized carbons (Fsp3) is 1.00. The smallest absolute Gasteiger partial charge is 2.00 e. The number of unbranched alkanes of at least 4 members (excludes halogenated alkanes) is 4. The van der Waals surface area contributed by atoms with Crippen LogP contribution in [0.25, 0.3) is 0 Å². The van der Waals surface area contributed by atoms with Gasteiger partial charge in [-0.15, -0.1) is 0 Å². The van der Waals surface area contributed by atoms with Crippen LogP contribution in [0.2, 0.25) is 0 Å². The predicted molar refractivity (Wildman–Crippen MR) is 145 cm³/mol. The summed E-state index contributed by atoms with van der Waals surface area (Å²) >= 11 is 18.6. The third-order valence-corrected chi connectivity index (χ3v) is 7.70. The van der Waals surface area contributed by atoms with E-state index >= 15 is 0 Å². The van der Waals surface area contributed by atoms with Crippen molar-refractivity contribution in [2.24, 2.45) is 0 Å². The standard InChI is InChI=1S/2C8H19O2PS2.2S.3Zn/c2*1-3-5-7-9-11(12,13)10-8-6-4-2;;;;;/h2*3-8H2,1-2H3,(H,12,13);;;;;/q;;2*-2;3*+2. The molecule has 176 valence electrons. The molecular weight excluding hydrogens is 707 g/mol. The number of hydrogen-bond acceptors (Lipinski definition) is 6. The third kappa shape index (κ3) is 44.8. The molecule has 15 heteroatoms. The van der Waals surface area contributed by atoms with Gasteiger partial charge in [0.2, 0.25) is 11.4 Å². The van der Waals surface area contributed by atoms with Crippen molar-refractivity contribution in [2.75, 3.05) is 26.4 Å². The van der Waals surface area contributed by atoms with E-state index in [-0.39, 0.29) is 85.4 Å². The Kier molecular flexibility index (Phi) is 61.3. The van der Waals surface area contributed by atoms with Gasteiger partial charge in [0.25, 0.3) is 0 Å². The van der Waals surface area contributed by atoms with Crippen molar-refractivity contribution in [3.05, 3.63) is 0 Å². The predicted octanol–water partition coefficient (Wildman–Crippen LogP) is 7.54. The molecule has 0 saturated carbocycles. The van der Waals surface area contributed by atoms with Gasteiger partial charge in [0.15, 0.2) is 0 Å². The Morgan fingerprint density at radius 3 is 0.806 bits per heavy atom. The van der Waals surface area contributed by atoms with Crippen LogP contribution in [0.3, 0.4) is 0 Å². The van der Waals surface area contributed by atoms with Crippen molar-refractivity contribution in [3.63, 3.8) is 0 Å². The topological polar surface area (TPSA) is 36.9 Å². The summed E-state index contributed by atoms with van der Waals surface area (Å²) in [6.07, 6.45) is 8.53. The van der Waals surface area contributed by atoms with Crippen LogP contribution in [-0.2, 0) is 127 Å². The Balaban J connectivity index is -0.0000000640. The van der Waals surface area contributed by atoms with Crippen LogP contribution in [0.15, 0.2) is 0 Å². The van der Waals surface area contributed by atoms with Gasteiger partial charge in [0, 0.05) is 0 Å². The van der Waals surface area contributed by atoms with Gasteiger partial charge >= 0.3 is 58.4 Å². The first-order valence-corrected chi connectivity index (χ1v) is 17.1. The fourth-order valence-electron chi connectivity index (χ4n) is 1.37. The SMILES string of the molecule is CCCCOP(=S)(S)OCCCC.CCCCOP(=S)(S)OCCCC.[S-2].[S-2].[Zn+2].[Zn+2].[Zn+2]. The zero-order valence-electron chi connectivity index (χ0n) is 19.7. The molecule has 0 atom stereocenters. The Morgan fingerprint density at radius 2 is 0.677 bits per heavy atom. The molecule has 31 heavy (non-hydrogen) atoms. The summed E-state index contributed by atoms with van der Waals surface area (Å²) in [5, 5.41) is 0. The molecule has 0 N–H and O–H groups in total. The van der Waals surface area contributed by atoms with E-state index in [9.17, 15) is 0 Å². The molecule has 0 aromatic rings. The van der Waals surface area contributed by atoms with E-state index in [1.165, 1.54) is 0 Å². The zero-order chi connectivity index (χ0) is 20.3. The second kappa shape index (κ2) is 36.6. The molecule has 0 aliphatic rings. The average Bonchev–Trinajstić information content (AvgIpc) is 2.56. The van der Waals surface area contributed by atoms with Gasteiger partial charge in [-0.1, -0.05) is 77.9 Å². The van der Waals surface area contributed by atoms with Gasteiger partial charge in [-0.3, -0.25) is 0 Å². The maximum atomic E-state index is 5.38. The van der Waals surface area contributed by atoms with Gasteiger partial charge in [0.1, 0.15) is 0 Å². The van der Waals surface area contributed by atoms with E-state index in [0.29, 0.717) is 26.4 Å². The summed E-state index contributed by atoms with van der Waals surface area (Å²) < 4.78 is 21.5. The van der Waals surface area contributed by atoms with Crippen molar-refractivity contribution in [2.45, 2.75) is 79.1 Å². The molecule has 0 bridgehead atoms. The van der Waals surface area contributed by atoms with Crippen molar-refractivity contribution >= 4 is 86.5 Å². The first kappa shape index (κ1) is 51.9. The summed E-state index contributed by atoms with van der Waals surface area (Å²) in [6, 6.07) is 0. The first-order chi connectivity index (χ1) is 12.2. The molecule has 0 heterocycles. The Labute approximate surface area is 265 Å². The molecule has 0 rings (SSSR count). The Morgan fingerprint density at radius 1 is 0.516 bits per heavy atom. The molecule has 0 aromatic carbocycles. The van der Waals surface area contributed by atoms with Gasteiger partial charge in [0.05, 0.1) is 26.4 Å². The van der Waals surface area contributed by atoms with E-state index in [1.807, 2.05) is 0 Å². The summed E-state index contributed by atoms with van der Waals surface area (Å²) in [4.78, 5) is 0. The van der Waals surface area contributed by atoms with Crippen LogP contribution >= 0.6 is 35.9 Å². The van der Waals surface area contributed by atoms with Gasteiger partial charge in [-0.25, -0.2) is 0 Å². The molecule has 0 saturated heterocycles. The number of thiol groups is 2. The molecule has 0 radical (unpaired) electrons. The molecular formula is C16H38O4P2S6Zn3+2. The van der Waals surface area contributed by atoms with Crippen LogP contribution in [-0.4, -0.2) is 26.4 Å². The first-order valence-electron chi connectivity index (χ1n) is 9.48. The van der Waals surface area contributed by atoms with Crippen molar-refractivity contribution in [3.8, 4) is 0 Å². The summed E-state index contributed by atoms with van der Waals surface area (Å²) in [5.41, 5.74) is -4.45. The van der Waals surface area contributed by atoms with Crippen molar-refractivity contribution in [1.82, 2.24) is 0 Å². The molecule has 0 aliphatic heterocycles. The molecule has 0 aromatic heterocycles. The van der Waals surface area contributed by atoms with E-state index in [2.05, 4.69) is 52.2 Å². The maximum Gasteiger partial charge on any atom is 2.00 e. The summed E-state index contributed by atoms with van der Waals surface area (Å²) in [7, 11) is 0. The quantitative estimate of drug-likeness (QED) is 0.0737. The molecule has 0 spiro atoms. The largest absolute Gasteiger partial charge is 2.00 e. The van der Waals surface area contributed by atoms with Crippen LogP contribution in [0, 0.1) is 0 Å². The van der Waals surface area contributed by atoms with Crippen molar-refractivity contribution < 1.29 is 76.5 Å². The monoisotopic (exact) mass is 740 g/mol. The summed E-state index contributed by atoms with van der Waals surface area (Å²) in [5.74, 6) is 0. The number of hydrogen-bond donors (Lipinski definition) is 2. The minimum Gasteiger partial charge on any atom is -2.00 e. The van der Waals surface area contributed by atoms with E-state index in [1.54, 1.807) is 0 Å². The normalized spacial score (nSPS) is 10.0. The van der Waals surface area contributed by atoms with Crippen LogP contribution in [0.1, 0.15) is 79.1 Å². The van der Waals surface area contributed by atoms with Crippen LogP contribution < -0.4 is 0 Å². The van der Waals surface area contributed by atoms with Gasteiger partial charge in [-0.2, -0.15) is 0 Å². The van der Waals surface area contributed by atoms with E-state index in [4.69, 9.17) is 41.7 Å². The van der Waals surface area contributed by atoms with Gasteiger partial charge in [-0.05, 0) is 49.3 Å². The van der Waals surface area contributed by atoms with Gasteiger partial charge < -0.3 is 45.1 Å². The maximum absolute atomic E-state index is 5.38. The van der Waals surface area contributed by atoms with E-state index in [0.717, 1.165) is 51.4 Å². The molecule has 4 nitrogen and oxygen atoms in total. The molecule has 0 amide bonds. The minimum absolute atomic E-state index is 0.